The quantitative estimate of drug-likeness (QED) is 0.740. The lowest BCUT2D eigenvalue weighted by molar-refractivity contribution is 0.338. The zero-order valence-corrected chi connectivity index (χ0v) is 11.2. The molecule has 0 saturated carbocycles. The molecular formula is C14H21N3. The summed E-state index contributed by atoms with van der Waals surface area (Å²) >= 11 is 0. The molecule has 2 heterocycles. The molecule has 0 bridgehead atoms. The lowest BCUT2D eigenvalue weighted by Crippen LogP contribution is -2.43. The molecule has 3 heteroatoms. The van der Waals surface area contributed by atoms with Crippen LogP contribution in [0.3, 0.4) is 0 Å². The molecule has 0 amide bonds. The van der Waals surface area contributed by atoms with Crippen molar-refractivity contribution >= 4 is 5.69 Å². The highest BCUT2D eigenvalue weighted by atomic mass is 15.3. The van der Waals surface area contributed by atoms with E-state index in [4.69, 9.17) is 0 Å². The maximum Gasteiger partial charge on any atom is 0.0442 e. The smallest absolute Gasteiger partial charge is 0.0442 e. The van der Waals surface area contributed by atoms with E-state index in [1.807, 2.05) is 13.1 Å². The van der Waals surface area contributed by atoms with Crippen molar-refractivity contribution in [3.05, 3.63) is 35.3 Å². The molecule has 0 aliphatic carbocycles. The fourth-order valence-corrected chi connectivity index (χ4v) is 2.24. The van der Waals surface area contributed by atoms with Crippen molar-refractivity contribution < 1.29 is 0 Å². The van der Waals surface area contributed by atoms with E-state index in [9.17, 15) is 0 Å². The second kappa shape index (κ2) is 4.88. The molecule has 1 saturated heterocycles. The van der Waals surface area contributed by atoms with Crippen LogP contribution in [0.1, 0.15) is 19.5 Å². The van der Waals surface area contributed by atoms with Gasteiger partial charge in [-0.05, 0) is 40.0 Å². The van der Waals surface area contributed by atoms with Gasteiger partial charge in [0.25, 0.3) is 0 Å². The summed E-state index contributed by atoms with van der Waals surface area (Å²) in [6.07, 6.45) is 1.89. The molecule has 0 aromatic carbocycles. The molecule has 1 fully saturated rings. The van der Waals surface area contributed by atoms with Gasteiger partial charge in [0.05, 0.1) is 0 Å². The van der Waals surface area contributed by atoms with E-state index >= 15 is 0 Å². The summed E-state index contributed by atoms with van der Waals surface area (Å²) in [5.74, 6) is 0. The van der Waals surface area contributed by atoms with E-state index in [-0.39, 0.29) is 0 Å². The zero-order chi connectivity index (χ0) is 12.4. The standard InChI is InChI=1S/C14H21N3/c1-11(2)14-10-16(4)7-8-17(14)13-5-6-15-12(3)9-13/h5-6,9H,7-8,10H2,1-4H3. The number of hydrogen-bond donors (Lipinski definition) is 0. The van der Waals surface area contributed by atoms with Gasteiger partial charge in [-0.15, -0.1) is 0 Å². The molecule has 1 aromatic heterocycles. The molecule has 17 heavy (non-hydrogen) atoms. The maximum atomic E-state index is 4.27. The molecule has 0 radical (unpaired) electrons. The van der Waals surface area contributed by atoms with Gasteiger partial charge in [-0.25, -0.2) is 0 Å². The van der Waals surface area contributed by atoms with Crippen molar-refractivity contribution in [1.82, 2.24) is 9.88 Å². The number of likely N-dealkylation sites (N-methyl/N-ethyl adjacent to an activating group) is 1. The maximum absolute atomic E-state index is 4.27. The minimum absolute atomic E-state index is 1.03. The number of allylic oxidation sites excluding steroid dienone is 1. The summed E-state index contributed by atoms with van der Waals surface area (Å²) < 4.78 is 0. The Morgan fingerprint density at radius 1 is 1.29 bits per heavy atom. The number of nitrogens with zero attached hydrogens (tertiary/aromatic N) is 3. The fraction of sp³-hybridized carbons (Fsp3) is 0.500. The van der Waals surface area contributed by atoms with Crippen molar-refractivity contribution in [1.29, 1.82) is 0 Å². The number of aryl methyl sites for hydroxylation is 1. The number of rotatable bonds is 1. The first-order valence-corrected chi connectivity index (χ1v) is 6.13. The van der Waals surface area contributed by atoms with Gasteiger partial charge in [0.15, 0.2) is 0 Å². The molecule has 0 N–H and O–H groups in total. The number of anilines is 1. The summed E-state index contributed by atoms with van der Waals surface area (Å²) in [7, 11) is 2.18. The molecule has 2 rings (SSSR count). The average Bonchev–Trinajstić information content (AvgIpc) is 2.28. The molecule has 3 nitrogen and oxygen atoms in total. The second-order valence-corrected chi connectivity index (χ2v) is 4.99. The van der Waals surface area contributed by atoms with Crippen molar-refractivity contribution in [2.45, 2.75) is 20.8 Å². The molecule has 92 valence electrons. The van der Waals surface area contributed by atoms with Gasteiger partial charge in [0.2, 0.25) is 0 Å². The van der Waals surface area contributed by atoms with Crippen LogP contribution in [0.4, 0.5) is 5.69 Å². The Labute approximate surface area is 104 Å². The van der Waals surface area contributed by atoms with E-state index < -0.39 is 0 Å². The van der Waals surface area contributed by atoms with Crippen LogP contribution in [0.2, 0.25) is 0 Å². The summed E-state index contributed by atoms with van der Waals surface area (Å²) in [5.41, 5.74) is 5.16. The largest absolute Gasteiger partial charge is 0.342 e. The van der Waals surface area contributed by atoms with Crippen molar-refractivity contribution in [3.8, 4) is 0 Å². The third kappa shape index (κ3) is 2.67. The summed E-state index contributed by atoms with van der Waals surface area (Å²) in [6.45, 7) is 9.62. The summed E-state index contributed by atoms with van der Waals surface area (Å²) in [4.78, 5) is 9.05. The van der Waals surface area contributed by atoms with Gasteiger partial charge < -0.3 is 4.90 Å². The van der Waals surface area contributed by atoms with Crippen LogP contribution in [0.25, 0.3) is 0 Å². The van der Waals surface area contributed by atoms with E-state index in [1.165, 1.54) is 17.0 Å². The van der Waals surface area contributed by atoms with Gasteiger partial charge in [0.1, 0.15) is 0 Å². The zero-order valence-electron chi connectivity index (χ0n) is 11.2. The van der Waals surface area contributed by atoms with Crippen molar-refractivity contribution in [2.24, 2.45) is 0 Å². The van der Waals surface area contributed by atoms with Crippen molar-refractivity contribution in [2.75, 3.05) is 31.6 Å². The third-order valence-electron chi connectivity index (χ3n) is 3.22. The normalized spacial score (nSPS) is 17.4. The van der Waals surface area contributed by atoms with Crippen LogP contribution < -0.4 is 4.90 Å². The van der Waals surface area contributed by atoms with Gasteiger partial charge in [-0.1, -0.05) is 5.57 Å². The lowest BCUT2D eigenvalue weighted by atomic mass is 10.1. The Morgan fingerprint density at radius 3 is 2.71 bits per heavy atom. The molecule has 1 aliphatic heterocycles. The van der Waals surface area contributed by atoms with Crippen LogP contribution in [0, 0.1) is 6.92 Å². The Morgan fingerprint density at radius 2 is 2.06 bits per heavy atom. The second-order valence-electron chi connectivity index (χ2n) is 4.99. The predicted molar refractivity (Wildman–Crippen MR) is 72.2 cm³/mol. The number of hydrogen-bond acceptors (Lipinski definition) is 3. The van der Waals surface area contributed by atoms with Gasteiger partial charge in [-0.2, -0.15) is 0 Å². The summed E-state index contributed by atoms with van der Waals surface area (Å²) in [5, 5.41) is 0. The molecule has 1 aliphatic rings. The van der Waals surface area contributed by atoms with Crippen LogP contribution in [0.15, 0.2) is 29.6 Å². The van der Waals surface area contributed by atoms with E-state index in [0.29, 0.717) is 0 Å². The first kappa shape index (κ1) is 12.1. The monoisotopic (exact) mass is 231 g/mol. The Bertz CT molecular complexity index is 433. The Kier molecular flexibility index (Phi) is 3.48. The van der Waals surface area contributed by atoms with Crippen LogP contribution in [-0.4, -0.2) is 36.6 Å². The topological polar surface area (TPSA) is 19.4 Å². The average molecular weight is 231 g/mol. The van der Waals surface area contributed by atoms with E-state index in [0.717, 1.165) is 25.3 Å². The number of aromatic nitrogens is 1. The molecule has 1 aromatic rings. The minimum Gasteiger partial charge on any atom is -0.342 e. The highest BCUT2D eigenvalue weighted by Gasteiger charge is 2.20. The number of pyridine rings is 1. The van der Waals surface area contributed by atoms with Crippen LogP contribution in [0.5, 0.6) is 0 Å². The fourth-order valence-electron chi connectivity index (χ4n) is 2.24. The van der Waals surface area contributed by atoms with Gasteiger partial charge in [0, 0.05) is 42.9 Å². The SMILES string of the molecule is CC(C)=C1CN(C)CCN1c1ccnc(C)c1. The third-order valence-corrected chi connectivity index (χ3v) is 3.22. The van der Waals surface area contributed by atoms with Crippen molar-refractivity contribution in [3.63, 3.8) is 0 Å². The lowest BCUT2D eigenvalue weighted by Gasteiger charge is -2.37. The van der Waals surface area contributed by atoms with Gasteiger partial charge >= 0.3 is 0 Å². The highest BCUT2D eigenvalue weighted by Crippen LogP contribution is 2.24. The van der Waals surface area contributed by atoms with Gasteiger partial charge in [-0.3, -0.25) is 9.88 Å². The van der Waals surface area contributed by atoms with E-state index in [2.05, 4.69) is 47.8 Å². The Balaban J connectivity index is 2.34. The highest BCUT2D eigenvalue weighted by molar-refractivity contribution is 5.54. The molecule has 0 atom stereocenters. The van der Waals surface area contributed by atoms with E-state index in [1.54, 1.807) is 0 Å². The van der Waals surface area contributed by atoms with Crippen LogP contribution in [-0.2, 0) is 0 Å². The predicted octanol–water partition coefficient (Wildman–Crippen LogP) is 2.44. The number of piperazine rings is 1. The summed E-state index contributed by atoms with van der Waals surface area (Å²) in [6, 6.07) is 4.26. The molecule has 0 unspecified atom stereocenters. The molecule has 0 spiro atoms. The first-order chi connectivity index (χ1) is 8.08. The first-order valence-electron chi connectivity index (χ1n) is 6.13. The molecular weight excluding hydrogens is 210 g/mol. The van der Waals surface area contributed by atoms with Crippen LogP contribution >= 0.6 is 0 Å². The Hall–Kier alpha value is -1.35. The minimum atomic E-state index is 1.03.